The SMILES string of the molecule is C/C=C\CC1CC(=O)CC1CC(=O)O. The van der Waals surface area contributed by atoms with E-state index >= 15 is 0 Å². The zero-order valence-electron chi connectivity index (χ0n) is 8.40. The molecule has 78 valence electrons. The van der Waals surface area contributed by atoms with Gasteiger partial charge in [-0.2, -0.15) is 0 Å². The molecular formula is C11H16O3. The molecule has 0 aromatic heterocycles. The van der Waals surface area contributed by atoms with Gasteiger partial charge in [-0.25, -0.2) is 0 Å². The highest BCUT2D eigenvalue weighted by atomic mass is 16.4. The smallest absolute Gasteiger partial charge is 0.303 e. The van der Waals surface area contributed by atoms with Gasteiger partial charge in [0, 0.05) is 19.3 Å². The molecule has 1 rings (SSSR count). The Morgan fingerprint density at radius 2 is 2.14 bits per heavy atom. The van der Waals surface area contributed by atoms with Crippen LogP contribution in [0.4, 0.5) is 0 Å². The van der Waals surface area contributed by atoms with Crippen molar-refractivity contribution in [2.75, 3.05) is 0 Å². The van der Waals surface area contributed by atoms with Crippen LogP contribution in [0.2, 0.25) is 0 Å². The number of carbonyl (C=O) groups excluding carboxylic acids is 1. The molecule has 1 aliphatic rings. The van der Waals surface area contributed by atoms with Gasteiger partial charge in [0.25, 0.3) is 0 Å². The highest BCUT2D eigenvalue weighted by molar-refractivity contribution is 5.82. The lowest BCUT2D eigenvalue weighted by Crippen LogP contribution is -2.12. The minimum Gasteiger partial charge on any atom is -0.481 e. The van der Waals surface area contributed by atoms with Crippen molar-refractivity contribution in [2.45, 2.75) is 32.6 Å². The molecule has 1 saturated carbocycles. The first-order chi connectivity index (χ1) is 6.63. The Bertz CT molecular complexity index is 255. The molecule has 1 N–H and O–H groups in total. The molecule has 0 spiro atoms. The van der Waals surface area contributed by atoms with Gasteiger partial charge < -0.3 is 5.11 Å². The van der Waals surface area contributed by atoms with Crippen LogP contribution in [-0.4, -0.2) is 16.9 Å². The maximum absolute atomic E-state index is 11.2. The van der Waals surface area contributed by atoms with E-state index in [4.69, 9.17) is 5.11 Å². The molecule has 3 nitrogen and oxygen atoms in total. The second-order valence-electron chi connectivity index (χ2n) is 3.87. The number of aliphatic carboxylic acids is 1. The number of rotatable bonds is 4. The van der Waals surface area contributed by atoms with Gasteiger partial charge in [0.1, 0.15) is 5.78 Å². The Labute approximate surface area is 83.8 Å². The largest absolute Gasteiger partial charge is 0.481 e. The van der Waals surface area contributed by atoms with Crippen molar-refractivity contribution in [3.63, 3.8) is 0 Å². The van der Waals surface area contributed by atoms with Crippen LogP contribution < -0.4 is 0 Å². The summed E-state index contributed by atoms with van der Waals surface area (Å²) < 4.78 is 0. The van der Waals surface area contributed by atoms with Crippen LogP contribution in [0.3, 0.4) is 0 Å². The van der Waals surface area contributed by atoms with E-state index in [1.165, 1.54) is 0 Å². The zero-order valence-corrected chi connectivity index (χ0v) is 8.40. The minimum absolute atomic E-state index is 0.0520. The van der Waals surface area contributed by atoms with Crippen molar-refractivity contribution < 1.29 is 14.7 Å². The predicted octanol–water partition coefficient (Wildman–Crippen LogP) is 2.02. The first kappa shape index (κ1) is 11.0. The van der Waals surface area contributed by atoms with Gasteiger partial charge in [-0.1, -0.05) is 12.2 Å². The molecule has 2 atom stereocenters. The van der Waals surface area contributed by atoms with Gasteiger partial charge in [0.2, 0.25) is 0 Å². The van der Waals surface area contributed by atoms with Crippen molar-refractivity contribution in [3.05, 3.63) is 12.2 Å². The molecule has 3 heteroatoms. The molecule has 0 saturated heterocycles. The summed E-state index contributed by atoms with van der Waals surface area (Å²) in [5.41, 5.74) is 0. The summed E-state index contributed by atoms with van der Waals surface area (Å²) in [6, 6.07) is 0. The van der Waals surface area contributed by atoms with Crippen LogP contribution in [0.15, 0.2) is 12.2 Å². The fourth-order valence-corrected chi connectivity index (χ4v) is 2.05. The van der Waals surface area contributed by atoms with E-state index in [9.17, 15) is 9.59 Å². The van der Waals surface area contributed by atoms with Crippen LogP contribution in [-0.2, 0) is 9.59 Å². The van der Waals surface area contributed by atoms with Crippen molar-refractivity contribution in [1.82, 2.24) is 0 Å². The van der Waals surface area contributed by atoms with E-state index in [2.05, 4.69) is 0 Å². The average Bonchev–Trinajstić information content (AvgIpc) is 2.41. The van der Waals surface area contributed by atoms with E-state index in [0.717, 1.165) is 6.42 Å². The summed E-state index contributed by atoms with van der Waals surface area (Å²) in [6.07, 6.45) is 5.93. The van der Waals surface area contributed by atoms with Crippen LogP contribution in [0.1, 0.15) is 32.6 Å². The number of carbonyl (C=O) groups is 2. The molecule has 2 unspecified atom stereocenters. The Balaban J connectivity index is 2.53. The second-order valence-corrected chi connectivity index (χ2v) is 3.87. The number of carboxylic acids is 1. The monoisotopic (exact) mass is 196 g/mol. The Hall–Kier alpha value is -1.12. The van der Waals surface area contributed by atoms with E-state index in [-0.39, 0.29) is 24.0 Å². The van der Waals surface area contributed by atoms with Gasteiger partial charge in [-0.15, -0.1) is 0 Å². The first-order valence-electron chi connectivity index (χ1n) is 4.98. The number of allylic oxidation sites excluding steroid dienone is 2. The van der Waals surface area contributed by atoms with Crippen LogP contribution >= 0.6 is 0 Å². The number of Topliss-reactive ketones (excluding diaryl/α,β-unsaturated/α-hetero) is 1. The summed E-state index contributed by atoms with van der Waals surface area (Å²) in [6.45, 7) is 1.93. The molecule has 1 aliphatic carbocycles. The minimum atomic E-state index is -0.796. The number of ketones is 1. The summed E-state index contributed by atoms with van der Waals surface area (Å²) >= 11 is 0. The van der Waals surface area contributed by atoms with Crippen LogP contribution in [0.25, 0.3) is 0 Å². The fraction of sp³-hybridized carbons (Fsp3) is 0.636. The number of hydrogen-bond acceptors (Lipinski definition) is 2. The standard InChI is InChI=1S/C11H16O3/c1-2-3-4-8-5-10(12)6-9(8)7-11(13)14/h2-3,8-9H,4-7H2,1H3,(H,13,14)/b3-2-. The maximum atomic E-state index is 11.2. The van der Waals surface area contributed by atoms with E-state index < -0.39 is 5.97 Å². The van der Waals surface area contributed by atoms with Gasteiger partial charge in [-0.3, -0.25) is 9.59 Å². The summed E-state index contributed by atoms with van der Waals surface area (Å²) in [5, 5.41) is 8.67. The molecule has 0 aliphatic heterocycles. The zero-order chi connectivity index (χ0) is 10.6. The predicted molar refractivity (Wildman–Crippen MR) is 52.9 cm³/mol. The topological polar surface area (TPSA) is 54.4 Å². The highest BCUT2D eigenvalue weighted by Crippen LogP contribution is 2.34. The van der Waals surface area contributed by atoms with Gasteiger partial charge in [-0.05, 0) is 25.2 Å². The summed E-state index contributed by atoms with van der Waals surface area (Å²) in [5.74, 6) is -0.285. The lowest BCUT2D eigenvalue weighted by molar-refractivity contribution is -0.138. The van der Waals surface area contributed by atoms with Crippen LogP contribution in [0, 0.1) is 11.8 Å². The molecule has 14 heavy (non-hydrogen) atoms. The maximum Gasteiger partial charge on any atom is 0.303 e. The van der Waals surface area contributed by atoms with Crippen LogP contribution in [0.5, 0.6) is 0 Å². The fourth-order valence-electron chi connectivity index (χ4n) is 2.05. The third-order valence-corrected chi connectivity index (χ3v) is 2.76. The lowest BCUT2D eigenvalue weighted by atomic mass is 9.90. The highest BCUT2D eigenvalue weighted by Gasteiger charge is 2.33. The lowest BCUT2D eigenvalue weighted by Gasteiger charge is -2.14. The van der Waals surface area contributed by atoms with Crippen molar-refractivity contribution in [2.24, 2.45) is 11.8 Å². The van der Waals surface area contributed by atoms with Gasteiger partial charge in [0.05, 0.1) is 0 Å². The van der Waals surface area contributed by atoms with E-state index in [1.54, 1.807) is 0 Å². The van der Waals surface area contributed by atoms with Gasteiger partial charge in [0.15, 0.2) is 0 Å². The third kappa shape index (κ3) is 2.98. The average molecular weight is 196 g/mol. The Kier molecular flexibility index (Phi) is 3.86. The molecule has 1 fully saturated rings. The molecule has 0 bridgehead atoms. The quantitative estimate of drug-likeness (QED) is 0.700. The normalized spacial score (nSPS) is 27.4. The molecule has 0 radical (unpaired) electrons. The molecule has 0 aromatic rings. The Morgan fingerprint density at radius 1 is 1.50 bits per heavy atom. The second kappa shape index (κ2) is 4.94. The third-order valence-electron chi connectivity index (χ3n) is 2.76. The number of carboxylic acid groups (broad SMARTS) is 1. The van der Waals surface area contributed by atoms with E-state index in [1.807, 2.05) is 19.1 Å². The van der Waals surface area contributed by atoms with Crippen molar-refractivity contribution in [1.29, 1.82) is 0 Å². The molecule has 0 amide bonds. The van der Waals surface area contributed by atoms with Crippen molar-refractivity contribution in [3.8, 4) is 0 Å². The van der Waals surface area contributed by atoms with Crippen molar-refractivity contribution >= 4 is 11.8 Å². The summed E-state index contributed by atoms with van der Waals surface area (Å²) in [4.78, 5) is 21.7. The molecule has 0 aromatic carbocycles. The summed E-state index contributed by atoms with van der Waals surface area (Å²) in [7, 11) is 0. The van der Waals surface area contributed by atoms with Gasteiger partial charge >= 0.3 is 5.97 Å². The molecule has 0 heterocycles. The number of hydrogen-bond donors (Lipinski definition) is 1. The van der Waals surface area contributed by atoms with E-state index in [0.29, 0.717) is 12.8 Å². The molecular weight excluding hydrogens is 180 g/mol. The Morgan fingerprint density at radius 3 is 2.71 bits per heavy atom. The first-order valence-corrected chi connectivity index (χ1v) is 4.98.